The van der Waals surface area contributed by atoms with Crippen molar-refractivity contribution in [1.29, 1.82) is 0 Å². The van der Waals surface area contributed by atoms with Gasteiger partial charge in [-0.05, 0) is 53.1 Å². The molecule has 6 rings (SSSR count). The molecule has 1 aliphatic rings. The molecule has 10 heteroatoms. The van der Waals surface area contributed by atoms with Crippen LogP contribution in [0, 0.1) is 5.92 Å². The van der Waals surface area contributed by atoms with Gasteiger partial charge >= 0.3 is 0 Å². The lowest BCUT2D eigenvalue weighted by molar-refractivity contribution is -0.268. The van der Waals surface area contributed by atoms with E-state index in [-0.39, 0.29) is 41.9 Å². The third kappa shape index (κ3) is 7.22. The molecule has 4 atom stereocenters. The summed E-state index contributed by atoms with van der Waals surface area (Å²) in [7, 11) is -3.80. The third-order valence-electron chi connectivity index (χ3n) is 7.98. The summed E-state index contributed by atoms with van der Waals surface area (Å²) in [6, 6.07) is 31.2. The number of hydrogen-bond donors (Lipinski definition) is 3. The average Bonchev–Trinajstić information content (AvgIpc) is 3.07. The second-order valence-corrected chi connectivity index (χ2v) is 13.9. The first-order valence-electron chi connectivity index (χ1n) is 14.7. The molecule has 232 valence electrons. The highest BCUT2D eigenvalue weighted by atomic mass is 32.2. The summed E-state index contributed by atoms with van der Waals surface area (Å²) in [5, 5.41) is 19.9. The molecule has 3 N–H and O–H groups in total. The van der Waals surface area contributed by atoms with Crippen LogP contribution in [0.3, 0.4) is 0 Å². The van der Waals surface area contributed by atoms with Gasteiger partial charge in [0, 0.05) is 40.3 Å². The van der Waals surface area contributed by atoms with Gasteiger partial charge in [-0.3, -0.25) is 4.98 Å². The normalized spacial score (nSPS) is 20.3. The smallest absolute Gasteiger partial charge is 0.243 e. The van der Waals surface area contributed by atoms with Crippen molar-refractivity contribution in [2.24, 2.45) is 5.92 Å². The highest BCUT2D eigenvalue weighted by Crippen LogP contribution is 2.43. The predicted octanol–water partition coefficient (Wildman–Crippen LogP) is 6.49. The number of ether oxygens (including phenoxy) is 2. The fourth-order valence-electron chi connectivity index (χ4n) is 5.37. The summed E-state index contributed by atoms with van der Waals surface area (Å²) in [6.07, 6.45) is 0.553. The Balaban J connectivity index is 1.18. The molecule has 2 heterocycles. The number of thioether (sulfide) groups is 1. The van der Waals surface area contributed by atoms with Gasteiger partial charge in [0.15, 0.2) is 6.29 Å². The van der Waals surface area contributed by atoms with Crippen molar-refractivity contribution in [1.82, 2.24) is 9.71 Å². The predicted molar refractivity (Wildman–Crippen MR) is 174 cm³/mol. The number of aliphatic hydroxyl groups excluding tert-OH is 1. The SMILES string of the molecule is C[C@H]1[C@@H](CSc2ccc(O)cc2)OC(c2ccc(CNS(=O)(=O)c3cccc4cccnc34)cc2)O[C@H]1c1ccc(CO)cc1. The van der Waals surface area contributed by atoms with Crippen LogP contribution in [0.4, 0.5) is 0 Å². The number of nitrogens with one attached hydrogen (secondary N) is 1. The molecule has 0 bridgehead atoms. The first-order chi connectivity index (χ1) is 21.8. The number of aromatic nitrogens is 1. The van der Waals surface area contributed by atoms with Crippen molar-refractivity contribution in [3.8, 4) is 5.75 Å². The molecule has 1 fully saturated rings. The van der Waals surface area contributed by atoms with Crippen LogP contribution in [0.25, 0.3) is 10.9 Å². The van der Waals surface area contributed by atoms with E-state index in [1.807, 2.05) is 72.8 Å². The summed E-state index contributed by atoms with van der Waals surface area (Å²) >= 11 is 1.66. The quantitative estimate of drug-likeness (QED) is 0.148. The molecule has 1 aliphatic heterocycles. The van der Waals surface area contributed by atoms with Crippen LogP contribution in [0.2, 0.25) is 0 Å². The van der Waals surface area contributed by atoms with E-state index in [0.717, 1.165) is 32.5 Å². The number of sulfonamides is 1. The fraction of sp³-hybridized carbons (Fsp3) is 0.229. The number of aromatic hydroxyl groups is 1. The first-order valence-corrected chi connectivity index (χ1v) is 17.1. The monoisotopic (exact) mass is 642 g/mol. The Morgan fingerprint density at radius 1 is 0.844 bits per heavy atom. The number of aliphatic hydroxyl groups is 1. The van der Waals surface area contributed by atoms with Crippen LogP contribution >= 0.6 is 11.8 Å². The number of rotatable bonds is 10. The molecule has 0 spiro atoms. The lowest BCUT2D eigenvalue weighted by Gasteiger charge is -2.41. The highest BCUT2D eigenvalue weighted by Gasteiger charge is 2.38. The summed E-state index contributed by atoms with van der Waals surface area (Å²) in [4.78, 5) is 5.45. The average molecular weight is 643 g/mol. The van der Waals surface area contributed by atoms with Gasteiger partial charge in [0.1, 0.15) is 10.6 Å². The summed E-state index contributed by atoms with van der Waals surface area (Å²) in [6.45, 7) is 2.20. The minimum Gasteiger partial charge on any atom is -0.508 e. The van der Waals surface area contributed by atoms with Gasteiger partial charge in [-0.2, -0.15) is 0 Å². The number of phenols is 1. The second-order valence-electron chi connectivity index (χ2n) is 11.0. The van der Waals surface area contributed by atoms with E-state index in [4.69, 9.17) is 9.47 Å². The van der Waals surface area contributed by atoms with Gasteiger partial charge in [-0.15, -0.1) is 11.8 Å². The molecule has 5 aromatic rings. The van der Waals surface area contributed by atoms with Crippen LogP contribution in [0.15, 0.2) is 119 Å². The van der Waals surface area contributed by atoms with Crippen molar-refractivity contribution in [2.45, 2.75) is 48.4 Å². The molecular formula is C35H34N2O6S2. The maximum Gasteiger partial charge on any atom is 0.243 e. The maximum atomic E-state index is 13.2. The van der Waals surface area contributed by atoms with Crippen molar-refractivity contribution in [3.63, 3.8) is 0 Å². The number of benzene rings is 4. The lowest BCUT2D eigenvalue weighted by atomic mass is 9.91. The molecule has 0 radical (unpaired) electrons. The van der Waals surface area contributed by atoms with E-state index < -0.39 is 16.3 Å². The van der Waals surface area contributed by atoms with Gasteiger partial charge < -0.3 is 19.7 Å². The van der Waals surface area contributed by atoms with E-state index in [2.05, 4.69) is 16.6 Å². The Morgan fingerprint density at radius 3 is 2.27 bits per heavy atom. The topological polar surface area (TPSA) is 118 Å². The molecule has 4 aromatic carbocycles. The highest BCUT2D eigenvalue weighted by molar-refractivity contribution is 7.99. The number of pyridine rings is 1. The fourth-order valence-corrected chi connectivity index (χ4v) is 7.63. The zero-order valence-electron chi connectivity index (χ0n) is 24.6. The van der Waals surface area contributed by atoms with Crippen LogP contribution < -0.4 is 4.72 Å². The Morgan fingerprint density at radius 2 is 1.53 bits per heavy atom. The first kappa shape index (κ1) is 31.2. The second kappa shape index (κ2) is 13.7. The molecular weight excluding hydrogens is 609 g/mol. The largest absolute Gasteiger partial charge is 0.508 e. The summed E-state index contributed by atoms with van der Waals surface area (Å²) in [5.41, 5.74) is 3.87. The van der Waals surface area contributed by atoms with Crippen molar-refractivity contribution in [3.05, 3.63) is 132 Å². The Bertz CT molecular complexity index is 1840. The van der Waals surface area contributed by atoms with Gasteiger partial charge in [0.05, 0.1) is 24.3 Å². The van der Waals surface area contributed by atoms with Crippen molar-refractivity contribution in [2.75, 3.05) is 5.75 Å². The Labute approximate surface area is 267 Å². The maximum absolute atomic E-state index is 13.2. The number of phenolic OH excluding ortho intramolecular Hbond substituents is 1. The Hall–Kier alpha value is -3.77. The van der Waals surface area contributed by atoms with Crippen LogP contribution in [-0.4, -0.2) is 35.5 Å². The zero-order chi connectivity index (χ0) is 31.4. The third-order valence-corrected chi connectivity index (χ3v) is 10.5. The molecule has 0 aliphatic carbocycles. The van der Waals surface area contributed by atoms with E-state index in [9.17, 15) is 18.6 Å². The molecule has 45 heavy (non-hydrogen) atoms. The lowest BCUT2D eigenvalue weighted by Crippen LogP contribution is -2.38. The van der Waals surface area contributed by atoms with Gasteiger partial charge in [-0.25, -0.2) is 13.1 Å². The number of nitrogens with zero attached hydrogens (tertiary/aromatic N) is 1. The standard InChI is InChI=1S/C35H34N2O6S2/c1-23-31(22-44-30-17-15-29(39)16-18-30)42-35(43-34(23)27-11-9-25(21-38)10-12-27)28-13-7-24(8-14-28)20-37-45(40,41)32-6-2-4-26-5-3-19-36-33(26)32/h2-19,23,31,34-35,37-39H,20-22H2,1H3/t23-,31+,34+,35?/m0/s1. The van der Waals surface area contributed by atoms with E-state index >= 15 is 0 Å². The van der Waals surface area contributed by atoms with E-state index in [1.165, 1.54) is 0 Å². The number of hydrogen-bond acceptors (Lipinski definition) is 8. The van der Waals surface area contributed by atoms with Crippen LogP contribution in [0.5, 0.6) is 5.75 Å². The van der Waals surface area contributed by atoms with E-state index in [1.54, 1.807) is 48.3 Å². The summed E-state index contributed by atoms with van der Waals surface area (Å²) < 4.78 is 42.1. The van der Waals surface area contributed by atoms with Gasteiger partial charge in [0.2, 0.25) is 10.0 Å². The summed E-state index contributed by atoms with van der Waals surface area (Å²) in [5.74, 6) is 0.936. The minimum absolute atomic E-state index is 0.0275. The Kier molecular flexibility index (Phi) is 9.50. The number of fused-ring (bicyclic) bond motifs is 1. The minimum atomic E-state index is -3.80. The molecule has 8 nitrogen and oxygen atoms in total. The molecule has 1 saturated heterocycles. The van der Waals surface area contributed by atoms with Crippen molar-refractivity contribution >= 4 is 32.7 Å². The molecule has 1 unspecified atom stereocenters. The molecule has 0 amide bonds. The number of para-hydroxylation sites is 1. The van der Waals surface area contributed by atoms with Crippen molar-refractivity contribution < 1.29 is 28.1 Å². The van der Waals surface area contributed by atoms with E-state index in [0.29, 0.717) is 11.3 Å². The zero-order valence-corrected chi connectivity index (χ0v) is 26.2. The van der Waals surface area contributed by atoms with Gasteiger partial charge in [0.25, 0.3) is 0 Å². The van der Waals surface area contributed by atoms with Gasteiger partial charge in [-0.1, -0.05) is 73.7 Å². The van der Waals surface area contributed by atoms with Crippen LogP contribution in [0.1, 0.15) is 41.6 Å². The van der Waals surface area contributed by atoms with Crippen LogP contribution in [-0.2, 0) is 32.6 Å². The molecule has 1 aromatic heterocycles. The molecule has 0 saturated carbocycles.